The molecule has 8 heteroatoms. The van der Waals surface area contributed by atoms with E-state index in [0.717, 1.165) is 49.8 Å². The minimum absolute atomic E-state index is 0.133. The van der Waals surface area contributed by atoms with Crippen molar-refractivity contribution in [2.75, 3.05) is 13.1 Å². The van der Waals surface area contributed by atoms with Crippen molar-refractivity contribution >= 4 is 5.91 Å². The molecule has 0 N–H and O–H groups in total. The fourth-order valence-corrected chi connectivity index (χ4v) is 6.22. The number of piperidine rings is 1. The number of hydrogen-bond donors (Lipinski definition) is 0. The Balaban J connectivity index is 1.54. The van der Waals surface area contributed by atoms with Crippen molar-refractivity contribution in [3.63, 3.8) is 0 Å². The summed E-state index contributed by atoms with van der Waals surface area (Å²) >= 11 is 0. The van der Waals surface area contributed by atoms with Gasteiger partial charge in [-0.3, -0.25) is 4.79 Å². The molecule has 0 radical (unpaired) electrons. The number of benzene rings is 1. The van der Waals surface area contributed by atoms with Crippen LogP contribution in [0.1, 0.15) is 80.1 Å². The Hall–Kier alpha value is -3.16. The lowest BCUT2D eigenvalue weighted by atomic mass is 9.59. The molecule has 1 aliphatic carbocycles. The van der Waals surface area contributed by atoms with E-state index < -0.39 is 11.6 Å². The highest BCUT2D eigenvalue weighted by molar-refractivity contribution is 5.91. The Kier molecular flexibility index (Phi) is 6.38. The van der Waals surface area contributed by atoms with Gasteiger partial charge in [0.1, 0.15) is 11.6 Å². The highest BCUT2D eigenvalue weighted by atomic mass is 19.1. The molecule has 0 saturated carbocycles. The van der Waals surface area contributed by atoms with Crippen LogP contribution in [0.15, 0.2) is 41.1 Å². The van der Waals surface area contributed by atoms with Gasteiger partial charge in [0.2, 0.25) is 5.76 Å². The molecule has 1 amide bonds. The molecular weight excluding hydrogens is 450 g/mol. The number of aromatic nitrogens is 3. The highest BCUT2D eigenvalue weighted by Crippen LogP contribution is 2.51. The van der Waals surface area contributed by atoms with E-state index in [1.54, 1.807) is 6.07 Å². The van der Waals surface area contributed by atoms with E-state index in [1.165, 1.54) is 24.4 Å². The summed E-state index contributed by atoms with van der Waals surface area (Å²) in [5.74, 6) is -0.711. The maximum absolute atomic E-state index is 14.5. The summed E-state index contributed by atoms with van der Waals surface area (Å²) in [5, 5.41) is 12.7. The van der Waals surface area contributed by atoms with E-state index in [9.17, 15) is 13.6 Å². The molecule has 1 aliphatic heterocycles. The number of carbonyl (C=O) groups is 1. The molecule has 0 spiro atoms. The molecule has 1 fully saturated rings. The number of nitrogens with zero attached hydrogens (tertiary/aromatic N) is 4. The lowest BCUT2D eigenvalue weighted by molar-refractivity contribution is 0.0514. The zero-order valence-electron chi connectivity index (χ0n) is 20.1. The predicted octanol–water partition coefficient (Wildman–Crippen LogP) is 5.90. The van der Waals surface area contributed by atoms with Crippen molar-refractivity contribution in [3.05, 3.63) is 65.2 Å². The second-order valence-electron chi connectivity index (χ2n) is 9.75. The van der Waals surface area contributed by atoms with Crippen molar-refractivity contribution in [1.29, 1.82) is 0 Å². The summed E-state index contributed by atoms with van der Waals surface area (Å²) in [5.41, 5.74) is 1.81. The van der Waals surface area contributed by atoms with Crippen LogP contribution in [0.3, 0.4) is 0 Å². The molecule has 2 aliphatic rings. The lowest BCUT2D eigenvalue weighted by Crippen LogP contribution is -2.49. The van der Waals surface area contributed by atoms with E-state index >= 15 is 0 Å². The standard InChI is InChI=1S/C27H30F2N4O2/c1-3-17-10-12-27(4-2,18-7-6-14-33(16-18)26(34)23-11-13-30-35-23)25-19(17)15-22(31-32-25)24-20(28)8-5-9-21(24)29/h5,8-9,11,13,15,17-18H,3-4,6-7,10,12,14,16H2,1-2H3/t17-,18-,27+/m0/s1. The Bertz CT molecular complexity index is 1200. The quantitative estimate of drug-likeness (QED) is 0.455. The van der Waals surface area contributed by atoms with Gasteiger partial charge in [-0.05, 0) is 74.1 Å². The van der Waals surface area contributed by atoms with Gasteiger partial charge in [-0.2, -0.15) is 10.2 Å². The van der Waals surface area contributed by atoms with Crippen LogP contribution >= 0.6 is 0 Å². The maximum atomic E-state index is 14.5. The topological polar surface area (TPSA) is 72.1 Å². The summed E-state index contributed by atoms with van der Waals surface area (Å²) in [6.07, 6.45) is 7.04. The van der Waals surface area contributed by atoms with E-state index in [2.05, 4.69) is 29.2 Å². The largest absolute Gasteiger partial charge is 0.351 e. The molecule has 1 saturated heterocycles. The first-order chi connectivity index (χ1) is 17.0. The minimum Gasteiger partial charge on any atom is -0.351 e. The fourth-order valence-electron chi connectivity index (χ4n) is 6.22. The maximum Gasteiger partial charge on any atom is 0.292 e. The molecule has 3 aromatic rings. The summed E-state index contributed by atoms with van der Waals surface area (Å²) in [4.78, 5) is 14.8. The zero-order valence-corrected chi connectivity index (χ0v) is 20.1. The van der Waals surface area contributed by atoms with Crippen LogP contribution in [0.5, 0.6) is 0 Å². The van der Waals surface area contributed by atoms with E-state index in [0.29, 0.717) is 13.1 Å². The number of carbonyl (C=O) groups excluding carboxylic acids is 1. The average molecular weight is 481 g/mol. The van der Waals surface area contributed by atoms with Crippen LogP contribution in [0.2, 0.25) is 0 Å². The fraction of sp³-hybridized carbons (Fsp3) is 0.481. The second kappa shape index (κ2) is 9.47. The molecule has 0 unspecified atom stereocenters. The van der Waals surface area contributed by atoms with Crippen molar-refractivity contribution in [2.24, 2.45) is 5.92 Å². The molecule has 3 heterocycles. The Labute approximate surface area is 203 Å². The van der Waals surface area contributed by atoms with Crippen LogP contribution in [0.4, 0.5) is 8.78 Å². The Morgan fingerprint density at radius 2 is 1.97 bits per heavy atom. The van der Waals surface area contributed by atoms with Crippen molar-refractivity contribution in [2.45, 2.75) is 63.7 Å². The third-order valence-corrected chi connectivity index (χ3v) is 8.16. The summed E-state index contributed by atoms with van der Waals surface area (Å²) in [6, 6.07) is 7.29. The summed E-state index contributed by atoms with van der Waals surface area (Å²) in [6.45, 7) is 5.58. The molecular formula is C27H30F2N4O2. The normalized spacial score (nSPS) is 24.3. The predicted molar refractivity (Wildman–Crippen MR) is 127 cm³/mol. The molecule has 2 aromatic heterocycles. The number of fused-ring (bicyclic) bond motifs is 1. The SMILES string of the molecule is CC[C@H]1CC[C@](CC)([C@H]2CCCN(C(=O)c3ccno3)C2)c2nnc(-c3c(F)cccc3F)cc21. The first-order valence-corrected chi connectivity index (χ1v) is 12.5. The van der Waals surface area contributed by atoms with Crippen LogP contribution in [-0.2, 0) is 5.41 Å². The molecule has 3 atom stereocenters. The third-order valence-electron chi connectivity index (χ3n) is 8.16. The van der Waals surface area contributed by atoms with Crippen LogP contribution in [0, 0.1) is 17.6 Å². The highest BCUT2D eigenvalue weighted by Gasteiger charge is 2.47. The Morgan fingerprint density at radius 3 is 2.66 bits per heavy atom. The Morgan fingerprint density at radius 1 is 1.17 bits per heavy atom. The van der Waals surface area contributed by atoms with Crippen LogP contribution in [-0.4, -0.2) is 39.3 Å². The van der Waals surface area contributed by atoms with Gasteiger partial charge in [0.25, 0.3) is 5.91 Å². The number of likely N-dealkylation sites (tertiary alicyclic amines) is 1. The molecule has 5 rings (SSSR count). The van der Waals surface area contributed by atoms with Gasteiger partial charge in [0, 0.05) is 24.6 Å². The second-order valence-corrected chi connectivity index (χ2v) is 9.75. The smallest absolute Gasteiger partial charge is 0.292 e. The third kappa shape index (κ3) is 4.02. The van der Waals surface area contributed by atoms with Gasteiger partial charge in [-0.1, -0.05) is 25.1 Å². The molecule has 35 heavy (non-hydrogen) atoms. The minimum atomic E-state index is -0.640. The van der Waals surface area contributed by atoms with E-state index in [1.807, 2.05) is 11.0 Å². The van der Waals surface area contributed by atoms with Gasteiger partial charge < -0.3 is 9.42 Å². The van der Waals surface area contributed by atoms with Crippen LogP contribution < -0.4 is 0 Å². The molecule has 0 bridgehead atoms. The van der Waals surface area contributed by atoms with Gasteiger partial charge in [-0.15, -0.1) is 0 Å². The number of rotatable bonds is 5. The van der Waals surface area contributed by atoms with E-state index in [4.69, 9.17) is 4.52 Å². The first-order valence-electron chi connectivity index (χ1n) is 12.5. The zero-order chi connectivity index (χ0) is 24.6. The van der Waals surface area contributed by atoms with Crippen molar-refractivity contribution in [3.8, 4) is 11.3 Å². The average Bonchev–Trinajstić information content (AvgIpc) is 3.42. The number of halogens is 2. The van der Waals surface area contributed by atoms with Gasteiger partial charge in [-0.25, -0.2) is 8.78 Å². The molecule has 184 valence electrons. The summed E-state index contributed by atoms with van der Waals surface area (Å²) < 4.78 is 34.2. The van der Waals surface area contributed by atoms with Crippen molar-refractivity contribution < 1.29 is 18.1 Å². The molecule has 6 nitrogen and oxygen atoms in total. The monoisotopic (exact) mass is 480 g/mol. The van der Waals surface area contributed by atoms with Crippen molar-refractivity contribution in [1.82, 2.24) is 20.3 Å². The van der Waals surface area contributed by atoms with Crippen LogP contribution in [0.25, 0.3) is 11.3 Å². The first kappa shape index (κ1) is 23.6. The van der Waals surface area contributed by atoms with Gasteiger partial charge >= 0.3 is 0 Å². The van der Waals surface area contributed by atoms with Gasteiger partial charge in [0.05, 0.1) is 23.1 Å². The van der Waals surface area contributed by atoms with E-state index in [-0.39, 0.29) is 40.2 Å². The molecule has 1 aromatic carbocycles. The summed E-state index contributed by atoms with van der Waals surface area (Å²) in [7, 11) is 0. The van der Waals surface area contributed by atoms with Gasteiger partial charge in [0.15, 0.2) is 0 Å². The number of hydrogen-bond acceptors (Lipinski definition) is 5. The lowest BCUT2D eigenvalue weighted by Gasteiger charge is -2.48. The number of amides is 1.